The van der Waals surface area contributed by atoms with Crippen molar-refractivity contribution in [2.45, 2.75) is 20.0 Å². The molecule has 1 heteroatoms. The summed E-state index contributed by atoms with van der Waals surface area (Å²) in [6.07, 6.45) is 0. The Morgan fingerprint density at radius 1 is 1.06 bits per heavy atom. The fourth-order valence-electron chi connectivity index (χ4n) is 2.95. The largest absolute Gasteiger partial charge is 0.321 e. The molecule has 1 heterocycles. The average molecular weight is 212 g/mol. The molecule has 1 aliphatic heterocycles. The standard InChI is InChI=1S/C15H18N/c1-11-14-7-5-4-6-12(14)8-13-9-16(2,3)10-15(11)13/h4-8H,9-10H2,1-3H3/q+1. The normalized spacial score (nSPS) is 17.7. The van der Waals surface area contributed by atoms with Crippen LogP contribution >= 0.6 is 0 Å². The van der Waals surface area contributed by atoms with E-state index in [2.05, 4.69) is 51.4 Å². The van der Waals surface area contributed by atoms with Gasteiger partial charge in [-0.25, -0.2) is 0 Å². The van der Waals surface area contributed by atoms with Gasteiger partial charge < -0.3 is 4.48 Å². The summed E-state index contributed by atoms with van der Waals surface area (Å²) >= 11 is 0. The van der Waals surface area contributed by atoms with Crippen LogP contribution < -0.4 is 0 Å². The number of fused-ring (bicyclic) bond motifs is 2. The molecule has 1 nitrogen and oxygen atoms in total. The van der Waals surface area contributed by atoms with Crippen LogP contribution in [-0.4, -0.2) is 18.6 Å². The maximum absolute atomic E-state index is 2.38. The first-order valence-corrected chi connectivity index (χ1v) is 5.89. The fraction of sp³-hybridized carbons (Fsp3) is 0.333. The van der Waals surface area contributed by atoms with Gasteiger partial charge in [0.1, 0.15) is 13.1 Å². The summed E-state index contributed by atoms with van der Waals surface area (Å²) in [5.41, 5.74) is 4.60. The zero-order chi connectivity index (χ0) is 11.3. The summed E-state index contributed by atoms with van der Waals surface area (Å²) < 4.78 is 1.09. The summed E-state index contributed by atoms with van der Waals surface area (Å²) in [7, 11) is 4.62. The topological polar surface area (TPSA) is 0 Å². The molecule has 0 radical (unpaired) electrons. The molecule has 2 aromatic rings. The highest BCUT2D eigenvalue weighted by molar-refractivity contribution is 5.87. The molecule has 0 unspecified atom stereocenters. The Balaban J connectivity index is 2.31. The molecule has 0 aromatic heterocycles. The van der Waals surface area contributed by atoms with E-state index < -0.39 is 0 Å². The molecule has 0 atom stereocenters. The van der Waals surface area contributed by atoms with E-state index in [9.17, 15) is 0 Å². The van der Waals surface area contributed by atoms with Gasteiger partial charge in [-0.1, -0.05) is 24.3 Å². The van der Waals surface area contributed by atoms with Crippen LogP contribution in [0.5, 0.6) is 0 Å². The Bertz CT molecular complexity index is 567. The summed E-state index contributed by atoms with van der Waals surface area (Å²) in [5.74, 6) is 0. The van der Waals surface area contributed by atoms with Crippen molar-refractivity contribution in [1.29, 1.82) is 0 Å². The summed E-state index contributed by atoms with van der Waals surface area (Å²) in [5, 5.41) is 2.81. The van der Waals surface area contributed by atoms with Crippen molar-refractivity contribution in [2.75, 3.05) is 14.1 Å². The van der Waals surface area contributed by atoms with Crippen molar-refractivity contribution in [2.24, 2.45) is 0 Å². The smallest absolute Gasteiger partial charge is 0.105 e. The van der Waals surface area contributed by atoms with E-state index in [-0.39, 0.29) is 0 Å². The van der Waals surface area contributed by atoms with Crippen LogP contribution in [0.25, 0.3) is 10.8 Å². The molecule has 2 aromatic carbocycles. The quantitative estimate of drug-likeness (QED) is 0.588. The third-order valence-electron chi connectivity index (χ3n) is 3.72. The molecule has 0 aliphatic carbocycles. The van der Waals surface area contributed by atoms with E-state index in [1.807, 2.05) is 0 Å². The van der Waals surface area contributed by atoms with Gasteiger partial charge in [0.05, 0.1) is 14.1 Å². The fourth-order valence-corrected chi connectivity index (χ4v) is 2.95. The molecular weight excluding hydrogens is 194 g/mol. The van der Waals surface area contributed by atoms with Crippen LogP contribution in [0.15, 0.2) is 30.3 Å². The highest BCUT2D eigenvalue weighted by Gasteiger charge is 2.29. The van der Waals surface area contributed by atoms with Gasteiger partial charge in [-0.3, -0.25) is 0 Å². The Morgan fingerprint density at radius 2 is 1.81 bits per heavy atom. The van der Waals surface area contributed by atoms with Crippen molar-refractivity contribution in [1.82, 2.24) is 0 Å². The molecule has 0 bridgehead atoms. The van der Waals surface area contributed by atoms with Gasteiger partial charge in [-0.05, 0) is 29.3 Å². The number of rotatable bonds is 0. The van der Waals surface area contributed by atoms with Gasteiger partial charge in [0.25, 0.3) is 0 Å². The lowest BCUT2D eigenvalue weighted by molar-refractivity contribution is -0.910. The number of quaternary nitrogens is 1. The first-order valence-electron chi connectivity index (χ1n) is 5.89. The maximum Gasteiger partial charge on any atom is 0.105 e. The van der Waals surface area contributed by atoms with Crippen LogP contribution in [0.3, 0.4) is 0 Å². The van der Waals surface area contributed by atoms with Crippen molar-refractivity contribution in [3.8, 4) is 0 Å². The van der Waals surface area contributed by atoms with Crippen molar-refractivity contribution >= 4 is 10.8 Å². The first-order chi connectivity index (χ1) is 7.57. The number of hydrogen-bond donors (Lipinski definition) is 0. The molecule has 0 spiro atoms. The lowest BCUT2D eigenvalue weighted by atomic mass is 9.97. The van der Waals surface area contributed by atoms with Gasteiger partial charge in [0.2, 0.25) is 0 Å². The van der Waals surface area contributed by atoms with Gasteiger partial charge >= 0.3 is 0 Å². The second-order valence-electron chi connectivity index (χ2n) is 5.61. The van der Waals surface area contributed by atoms with E-state index in [1.54, 1.807) is 11.1 Å². The molecule has 0 saturated carbocycles. The third-order valence-corrected chi connectivity index (χ3v) is 3.72. The molecule has 3 rings (SSSR count). The van der Waals surface area contributed by atoms with Crippen molar-refractivity contribution < 1.29 is 4.48 Å². The predicted octanol–water partition coefficient (Wildman–Crippen LogP) is 3.24. The Labute approximate surface area is 96.9 Å². The molecule has 0 saturated heterocycles. The van der Waals surface area contributed by atoms with Crippen LogP contribution in [0.4, 0.5) is 0 Å². The van der Waals surface area contributed by atoms with Crippen LogP contribution in [0, 0.1) is 6.92 Å². The van der Waals surface area contributed by atoms with E-state index in [0.29, 0.717) is 0 Å². The molecule has 1 aliphatic rings. The molecule has 16 heavy (non-hydrogen) atoms. The lowest BCUT2D eigenvalue weighted by Crippen LogP contribution is -2.32. The molecule has 82 valence electrons. The van der Waals surface area contributed by atoms with Gasteiger partial charge in [0.15, 0.2) is 0 Å². The predicted molar refractivity (Wildman–Crippen MR) is 68.2 cm³/mol. The lowest BCUT2D eigenvalue weighted by Gasteiger charge is -2.22. The third kappa shape index (κ3) is 1.35. The molecule has 0 N–H and O–H groups in total. The van der Waals surface area contributed by atoms with E-state index in [4.69, 9.17) is 0 Å². The minimum atomic E-state index is 1.09. The Hall–Kier alpha value is -1.34. The minimum Gasteiger partial charge on any atom is -0.321 e. The number of aryl methyl sites for hydroxylation is 1. The average Bonchev–Trinajstić information content (AvgIpc) is 2.53. The highest BCUT2D eigenvalue weighted by Crippen LogP contribution is 2.33. The van der Waals surface area contributed by atoms with Gasteiger partial charge in [-0.2, -0.15) is 0 Å². The summed E-state index contributed by atoms with van der Waals surface area (Å²) in [4.78, 5) is 0. The number of hydrogen-bond acceptors (Lipinski definition) is 0. The zero-order valence-corrected chi connectivity index (χ0v) is 10.2. The monoisotopic (exact) mass is 212 g/mol. The van der Waals surface area contributed by atoms with Gasteiger partial charge in [-0.15, -0.1) is 0 Å². The molecular formula is C15H18N+. The second kappa shape index (κ2) is 3.08. The molecule has 0 amide bonds. The van der Waals surface area contributed by atoms with Crippen molar-refractivity contribution in [3.63, 3.8) is 0 Å². The van der Waals surface area contributed by atoms with E-state index >= 15 is 0 Å². The number of benzene rings is 2. The van der Waals surface area contributed by atoms with E-state index in [1.165, 1.54) is 29.4 Å². The van der Waals surface area contributed by atoms with Crippen LogP contribution in [-0.2, 0) is 13.1 Å². The number of nitrogens with zero attached hydrogens (tertiary/aromatic N) is 1. The highest BCUT2D eigenvalue weighted by atomic mass is 15.3. The Kier molecular flexibility index (Phi) is 1.90. The van der Waals surface area contributed by atoms with Gasteiger partial charge in [0, 0.05) is 11.1 Å². The van der Waals surface area contributed by atoms with Crippen molar-refractivity contribution in [3.05, 3.63) is 47.0 Å². The second-order valence-corrected chi connectivity index (χ2v) is 5.61. The first kappa shape index (κ1) is 9.86. The summed E-state index contributed by atoms with van der Waals surface area (Å²) in [6.45, 7) is 4.61. The SMILES string of the molecule is Cc1c2c(cc3ccccc13)C[N+](C)(C)C2. The van der Waals surface area contributed by atoms with E-state index in [0.717, 1.165) is 4.48 Å². The minimum absolute atomic E-state index is 1.09. The summed E-state index contributed by atoms with van der Waals surface area (Å²) in [6, 6.07) is 11.1. The zero-order valence-electron chi connectivity index (χ0n) is 10.2. The maximum atomic E-state index is 2.38. The Morgan fingerprint density at radius 3 is 2.62 bits per heavy atom. The van der Waals surface area contributed by atoms with Crippen LogP contribution in [0.2, 0.25) is 0 Å². The van der Waals surface area contributed by atoms with Crippen LogP contribution in [0.1, 0.15) is 16.7 Å². The molecule has 0 fully saturated rings.